The van der Waals surface area contributed by atoms with E-state index >= 15 is 0 Å². The molecule has 12 heavy (non-hydrogen) atoms. The van der Waals surface area contributed by atoms with E-state index in [1.165, 1.54) is 25.0 Å². The Morgan fingerprint density at radius 2 is 2.17 bits per heavy atom. The third kappa shape index (κ3) is 2.74. The van der Waals surface area contributed by atoms with Crippen LogP contribution in [0.1, 0.15) is 39.5 Å². The second kappa shape index (κ2) is 5.04. The number of allylic oxidation sites excluding steroid dienone is 1. The maximum Gasteiger partial charge on any atom is 0.0453 e. The van der Waals surface area contributed by atoms with Crippen LogP contribution in [0.25, 0.3) is 0 Å². The van der Waals surface area contributed by atoms with Gasteiger partial charge in [-0.2, -0.15) is 0 Å². The first-order valence-corrected chi connectivity index (χ1v) is 4.85. The van der Waals surface area contributed by atoms with Crippen LogP contribution in [0.15, 0.2) is 11.9 Å². The van der Waals surface area contributed by atoms with Gasteiger partial charge in [0.25, 0.3) is 0 Å². The zero-order chi connectivity index (χ0) is 8.81. The molecule has 0 unspecified atom stereocenters. The van der Waals surface area contributed by atoms with Crippen LogP contribution in [0.5, 0.6) is 0 Å². The molecule has 0 aliphatic carbocycles. The number of nitrogens with one attached hydrogen (secondary N) is 2. The minimum Gasteiger partial charge on any atom is -0.306 e. The van der Waals surface area contributed by atoms with Gasteiger partial charge >= 0.3 is 0 Å². The molecule has 0 fully saturated rings. The van der Waals surface area contributed by atoms with Crippen molar-refractivity contribution in [2.24, 2.45) is 0 Å². The minimum absolute atomic E-state index is 1.07. The summed E-state index contributed by atoms with van der Waals surface area (Å²) in [6, 6.07) is 0. The summed E-state index contributed by atoms with van der Waals surface area (Å²) in [4.78, 5) is 0. The Bertz CT molecular complexity index is 154. The Morgan fingerprint density at radius 3 is 2.83 bits per heavy atom. The first-order chi connectivity index (χ1) is 5.86. The molecule has 0 atom stereocenters. The normalized spacial score (nSPS) is 16.2. The van der Waals surface area contributed by atoms with Crippen LogP contribution in [0.2, 0.25) is 0 Å². The van der Waals surface area contributed by atoms with Crippen molar-refractivity contribution in [3.63, 3.8) is 0 Å². The lowest BCUT2D eigenvalue weighted by atomic mass is 10.2. The second-order valence-corrected chi connectivity index (χ2v) is 3.19. The molecule has 0 aromatic heterocycles. The van der Waals surface area contributed by atoms with Crippen LogP contribution >= 0.6 is 0 Å². The predicted molar refractivity (Wildman–Crippen MR) is 50.9 cm³/mol. The predicted octanol–water partition coefficient (Wildman–Crippen LogP) is 1.75. The van der Waals surface area contributed by atoms with Gasteiger partial charge in [0, 0.05) is 18.4 Å². The number of nitrogens with zero attached hydrogens (tertiary/aromatic N) is 1. The molecule has 0 radical (unpaired) electrons. The highest BCUT2D eigenvalue weighted by atomic mass is 15.7. The number of rotatable bonds is 5. The summed E-state index contributed by atoms with van der Waals surface area (Å²) in [5.41, 5.74) is 7.58. The molecule has 0 amide bonds. The van der Waals surface area contributed by atoms with Crippen LogP contribution in [-0.2, 0) is 0 Å². The van der Waals surface area contributed by atoms with Gasteiger partial charge < -0.3 is 5.43 Å². The largest absolute Gasteiger partial charge is 0.306 e. The molecular weight excluding hydrogens is 150 g/mol. The molecule has 0 aromatic carbocycles. The summed E-state index contributed by atoms with van der Waals surface area (Å²) < 4.78 is 0. The Labute approximate surface area is 74.8 Å². The molecular formula is C9H19N3. The minimum atomic E-state index is 1.07. The number of unbranched alkanes of at least 4 members (excludes halogenated alkanes) is 1. The van der Waals surface area contributed by atoms with Crippen molar-refractivity contribution < 1.29 is 0 Å². The Kier molecular flexibility index (Phi) is 3.94. The van der Waals surface area contributed by atoms with Crippen molar-refractivity contribution in [2.45, 2.75) is 39.5 Å². The zero-order valence-electron chi connectivity index (χ0n) is 8.06. The van der Waals surface area contributed by atoms with Gasteiger partial charge in [0.1, 0.15) is 0 Å². The van der Waals surface area contributed by atoms with E-state index in [0.717, 1.165) is 13.0 Å². The van der Waals surface area contributed by atoms with Crippen molar-refractivity contribution in [3.8, 4) is 0 Å². The molecule has 2 N–H and O–H groups in total. The number of hydrogen-bond donors (Lipinski definition) is 2. The third-order valence-electron chi connectivity index (χ3n) is 1.94. The maximum absolute atomic E-state index is 3.16. The van der Waals surface area contributed by atoms with Gasteiger partial charge in [0.15, 0.2) is 0 Å². The van der Waals surface area contributed by atoms with E-state index in [-0.39, 0.29) is 0 Å². The van der Waals surface area contributed by atoms with Gasteiger partial charge in [-0.05, 0) is 19.3 Å². The molecule has 3 heteroatoms. The quantitative estimate of drug-likeness (QED) is 0.656. The van der Waals surface area contributed by atoms with Gasteiger partial charge in [0.05, 0.1) is 0 Å². The van der Waals surface area contributed by atoms with Gasteiger partial charge in [-0.25, -0.2) is 0 Å². The van der Waals surface area contributed by atoms with Crippen molar-refractivity contribution in [1.29, 1.82) is 0 Å². The Hall–Kier alpha value is -0.700. The third-order valence-corrected chi connectivity index (χ3v) is 1.94. The van der Waals surface area contributed by atoms with Crippen LogP contribution in [0, 0.1) is 0 Å². The lowest BCUT2D eigenvalue weighted by Gasteiger charge is -2.12. The molecule has 0 aromatic rings. The molecule has 0 saturated carbocycles. The number of hydrazine groups is 2. The van der Waals surface area contributed by atoms with Gasteiger partial charge in [-0.15, -0.1) is 5.53 Å². The highest BCUT2D eigenvalue weighted by molar-refractivity contribution is 5.01. The first-order valence-electron chi connectivity index (χ1n) is 4.85. The highest BCUT2D eigenvalue weighted by Gasteiger charge is 2.08. The smallest absolute Gasteiger partial charge is 0.0453 e. The monoisotopic (exact) mass is 169 g/mol. The zero-order valence-corrected chi connectivity index (χ0v) is 8.06. The molecule has 0 bridgehead atoms. The average Bonchev–Trinajstić information content (AvgIpc) is 2.50. The van der Waals surface area contributed by atoms with Gasteiger partial charge in [-0.1, -0.05) is 20.3 Å². The van der Waals surface area contributed by atoms with Crippen molar-refractivity contribution in [1.82, 2.24) is 16.0 Å². The summed E-state index contributed by atoms with van der Waals surface area (Å²) >= 11 is 0. The maximum atomic E-state index is 3.16. The second-order valence-electron chi connectivity index (χ2n) is 3.19. The Morgan fingerprint density at radius 1 is 1.33 bits per heavy atom. The van der Waals surface area contributed by atoms with Crippen molar-refractivity contribution in [2.75, 3.05) is 6.54 Å². The van der Waals surface area contributed by atoms with Crippen LogP contribution < -0.4 is 11.0 Å². The molecule has 3 nitrogen and oxygen atoms in total. The van der Waals surface area contributed by atoms with Crippen molar-refractivity contribution >= 4 is 0 Å². The summed E-state index contributed by atoms with van der Waals surface area (Å²) in [7, 11) is 0. The average molecular weight is 169 g/mol. The fourth-order valence-corrected chi connectivity index (χ4v) is 1.25. The highest BCUT2D eigenvalue weighted by Crippen LogP contribution is 2.08. The molecule has 1 aliphatic heterocycles. The Balaban J connectivity index is 2.22. The summed E-state index contributed by atoms with van der Waals surface area (Å²) in [5, 5.41) is 2.10. The van der Waals surface area contributed by atoms with E-state index in [2.05, 4.69) is 36.0 Å². The SMILES string of the molecule is CCCCC1=CN(CCC)NN1. The molecule has 0 spiro atoms. The van der Waals surface area contributed by atoms with Crippen LogP contribution in [0.3, 0.4) is 0 Å². The fraction of sp³-hybridized carbons (Fsp3) is 0.778. The number of hydrogen-bond acceptors (Lipinski definition) is 3. The standard InChI is InChI=1S/C9H19N3/c1-3-5-6-9-8-12(7-4-2)11-10-9/h8,10-11H,3-7H2,1-2H3. The van der Waals surface area contributed by atoms with Gasteiger partial charge in [-0.3, -0.25) is 5.01 Å². The van der Waals surface area contributed by atoms with E-state index in [4.69, 9.17) is 0 Å². The van der Waals surface area contributed by atoms with E-state index in [1.807, 2.05) is 0 Å². The lowest BCUT2D eigenvalue weighted by Crippen LogP contribution is -2.36. The van der Waals surface area contributed by atoms with E-state index in [0.29, 0.717) is 0 Å². The molecule has 1 aliphatic rings. The van der Waals surface area contributed by atoms with E-state index < -0.39 is 0 Å². The summed E-state index contributed by atoms with van der Waals surface area (Å²) in [5.74, 6) is 0. The molecule has 1 rings (SSSR count). The van der Waals surface area contributed by atoms with E-state index in [1.54, 1.807) is 0 Å². The van der Waals surface area contributed by atoms with Crippen molar-refractivity contribution in [3.05, 3.63) is 11.9 Å². The first kappa shape index (κ1) is 9.39. The summed E-state index contributed by atoms with van der Waals surface area (Å²) in [6.07, 6.45) is 7.02. The van der Waals surface area contributed by atoms with Crippen LogP contribution in [-0.4, -0.2) is 11.6 Å². The molecule has 1 heterocycles. The topological polar surface area (TPSA) is 27.3 Å². The molecule has 70 valence electrons. The van der Waals surface area contributed by atoms with E-state index in [9.17, 15) is 0 Å². The van der Waals surface area contributed by atoms with Gasteiger partial charge in [0.2, 0.25) is 0 Å². The summed E-state index contributed by atoms with van der Waals surface area (Å²) in [6.45, 7) is 5.47. The fourth-order valence-electron chi connectivity index (χ4n) is 1.25. The lowest BCUT2D eigenvalue weighted by molar-refractivity contribution is 0.271. The van der Waals surface area contributed by atoms with Crippen LogP contribution in [0.4, 0.5) is 0 Å². The molecule has 0 saturated heterocycles.